The maximum Gasteiger partial charge on any atom is 0.303 e. The first-order chi connectivity index (χ1) is 12.2. The molecule has 0 aliphatic heterocycles. The zero-order valence-electron chi connectivity index (χ0n) is 17.8. The molecule has 27 heavy (non-hydrogen) atoms. The van der Waals surface area contributed by atoms with E-state index in [1.807, 2.05) is 0 Å². The van der Waals surface area contributed by atoms with E-state index in [2.05, 4.69) is 33.9 Å². The van der Waals surface area contributed by atoms with Crippen LogP contribution in [0.1, 0.15) is 54.4 Å². The summed E-state index contributed by atoms with van der Waals surface area (Å²) in [5.74, 6) is -1.29. The molecule has 156 valence electrons. The molecule has 0 aromatic carbocycles. The summed E-state index contributed by atoms with van der Waals surface area (Å²) in [6.45, 7) is 14.9. The first-order valence-corrected chi connectivity index (χ1v) is 12.3. The molecule has 0 saturated heterocycles. The maximum absolute atomic E-state index is 11.7. The summed E-state index contributed by atoms with van der Waals surface area (Å²) in [5, 5.41) is -0.0342. The lowest BCUT2D eigenvalue weighted by Gasteiger charge is -2.46. The summed E-state index contributed by atoms with van der Waals surface area (Å²) < 4.78 is 22.7. The molecule has 0 heterocycles. The van der Waals surface area contributed by atoms with Crippen molar-refractivity contribution < 1.29 is 33.0 Å². The molecule has 1 fully saturated rings. The van der Waals surface area contributed by atoms with Crippen LogP contribution in [0.25, 0.3) is 0 Å². The highest BCUT2D eigenvalue weighted by Crippen LogP contribution is 2.41. The molecule has 8 heteroatoms. The topological polar surface area (TPSA) is 88.1 Å². The predicted molar refractivity (Wildman–Crippen MR) is 103 cm³/mol. The van der Waals surface area contributed by atoms with Gasteiger partial charge in [0.25, 0.3) is 0 Å². The molecule has 0 aromatic heterocycles. The Hall–Kier alpha value is -1.41. The average Bonchev–Trinajstić information content (AvgIpc) is 2.46. The smallest absolute Gasteiger partial charge is 0.303 e. The van der Waals surface area contributed by atoms with Gasteiger partial charge in [-0.1, -0.05) is 20.8 Å². The summed E-state index contributed by atoms with van der Waals surface area (Å²) in [7, 11) is -2.17. The van der Waals surface area contributed by atoms with Crippen LogP contribution >= 0.6 is 0 Å². The minimum Gasteiger partial charge on any atom is -0.466 e. The Balaban J connectivity index is 3.12. The van der Waals surface area contributed by atoms with Crippen LogP contribution in [0.4, 0.5) is 0 Å². The lowest BCUT2D eigenvalue weighted by Crippen LogP contribution is -2.55. The molecule has 0 spiro atoms. The number of rotatable bonds is 6. The van der Waals surface area contributed by atoms with Crippen molar-refractivity contribution in [1.82, 2.24) is 0 Å². The van der Waals surface area contributed by atoms with Gasteiger partial charge in [0.1, 0.15) is 6.10 Å². The second kappa shape index (κ2) is 9.19. The third-order valence-corrected chi connectivity index (χ3v) is 9.76. The number of hydrogen-bond acceptors (Lipinski definition) is 7. The van der Waals surface area contributed by atoms with E-state index >= 15 is 0 Å². The Morgan fingerprint density at radius 2 is 1.41 bits per heavy atom. The molecular weight excluding hydrogens is 368 g/mol. The van der Waals surface area contributed by atoms with E-state index in [0.29, 0.717) is 12.8 Å². The highest BCUT2D eigenvalue weighted by atomic mass is 28.4. The quantitative estimate of drug-likeness (QED) is 0.383. The van der Waals surface area contributed by atoms with Gasteiger partial charge in [0.2, 0.25) is 0 Å². The third kappa shape index (κ3) is 7.25. The number of hydrogen-bond donors (Lipinski definition) is 0. The zero-order valence-corrected chi connectivity index (χ0v) is 18.8. The van der Waals surface area contributed by atoms with Crippen molar-refractivity contribution in [3.63, 3.8) is 0 Å². The van der Waals surface area contributed by atoms with Gasteiger partial charge in [0.15, 0.2) is 14.4 Å². The standard InChI is InChI=1S/C19H34O7Si/c1-12(20)23-11-15-9-16(24-13(2)21)18(25-14(3)22)17(10-15)26-27(7,8)19(4,5)6/h15-18H,9-11H2,1-8H3/t15-,16-,17-,18-/m1/s1. The molecule has 1 aliphatic carbocycles. The monoisotopic (exact) mass is 402 g/mol. The van der Waals surface area contributed by atoms with E-state index in [9.17, 15) is 14.4 Å². The second-order valence-electron chi connectivity index (χ2n) is 8.78. The van der Waals surface area contributed by atoms with Gasteiger partial charge in [-0.15, -0.1) is 0 Å². The van der Waals surface area contributed by atoms with E-state index in [-0.39, 0.29) is 23.5 Å². The Bertz CT molecular complexity index is 553. The largest absolute Gasteiger partial charge is 0.466 e. The van der Waals surface area contributed by atoms with Crippen LogP contribution in [0.5, 0.6) is 0 Å². The van der Waals surface area contributed by atoms with Crippen LogP contribution in [-0.4, -0.2) is 51.1 Å². The Labute approximate surface area is 163 Å². The van der Waals surface area contributed by atoms with Gasteiger partial charge >= 0.3 is 17.9 Å². The van der Waals surface area contributed by atoms with E-state index < -0.39 is 38.6 Å². The van der Waals surface area contributed by atoms with Crippen molar-refractivity contribution in [1.29, 1.82) is 0 Å². The summed E-state index contributed by atoms with van der Waals surface area (Å²) in [5.41, 5.74) is 0. The minimum atomic E-state index is -2.17. The highest BCUT2D eigenvalue weighted by Gasteiger charge is 2.47. The molecule has 0 aromatic rings. The fraction of sp³-hybridized carbons (Fsp3) is 0.842. The van der Waals surface area contributed by atoms with E-state index in [0.717, 1.165) is 0 Å². The fourth-order valence-electron chi connectivity index (χ4n) is 2.97. The number of carbonyl (C=O) groups excluding carboxylic acids is 3. The Kier molecular flexibility index (Phi) is 8.04. The van der Waals surface area contributed by atoms with Crippen molar-refractivity contribution in [3.05, 3.63) is 0 Å². The van der Waals surface area contributed by atoms with Gasteiger partial charge in [0, 0.05) is 20.8 Å². The molecule has 1 saturated carbocycles. The molecule has 0 amide bonds. The predicted octanol–water partition coefficient (Wildman–Crippen LogP) is 3.21. The SMILES string of the molecule is CC(=O)OC[C@@H]1C[C@@H](OC(C)=O)[C@@H](OC(C)=O)[C@H](O[Si](C)(C)C(C)(C)C)C1. The van der Waals surface area contributed by atoms with Crippen LogP contribution in [0.3, 0.4) is 0 Å². The molecule has 1 rings (SSSR count). The minimum absolute atomic E-state index is 0.0342. The molecule has 7 nitrogen and oxygen atoms in total. The van der Waals surface area contributed by atoms with Gasteiger partial charge in [-0.25, -0.2) is 0 Å². The van der Waals surface area contributed by atoms with Crippen molar-refractivity contribution in [2.75, 3.05) is 6.61 Å². The van der Waals surface area contributed by atoms with Gasteiger partial charge in [-0.05, 0) is 36.9 Å². The fourth-order valence-corrected chi connectivity index (χ4v) is 4.32. The van der Waals surface area contributed by atoms with Gasteiger partial charge < -0.3 is 18.6 Å². The third-order valence-electron chi connectivity index (χ3n) is 5.26. The number of esters is 3. The lowest BCUT2D eigenvalue weighted by atomic mass is 9.83. The van der Waals surface area contributed by atoms with Crippen molar-refractivity contribution in [3.8, 4) is 0 Å². The molecule has 0 bridgehead atoms. The van der Waals surface area contributed by atoms with E-state index in [1.54, 1.807) is 0 Å². The highest BCUT2D eigenvalue weighted by molar-refractivity contribution is 6.74. The summed E-state index contributed by atoms with van der Waals surface area (Å²) >= 11 is 0. The first kappa shape index (κ1) is 23.6. The molecule has 0 N–H and O–H groups in total. The lowest BCUT2D eigenvalue weighted by molar-refractivity contribution is -0.184. The first-order valence-electron chi connectivity index (χ1n) is 9.38. The summed E-state index contributed by atoms with van der Waals surface area (Å²) in [4.78, 5) is 34.5. The average molecular weight is 403 g/mol. The normalized spacial score (nSPS) is 26.2. The molecule has 0 unspecified atom stereocenters. The van der Waals surface area contributed by atoms with Crippen LogP contribution < -0.4 is 0 Å². The van der Waals surface area contributed by atoms with Crippen molar-refractivity contribution in [2.45, 2.75) is 90.8 Å². The number of ether oxygens (including phenoxy) is 3. The van der Waals surface area contributed by atoms with Crippen molar-refractivity contribution >= 4 is 26.2 Å². The van der Waals surface area contributed by atoms with Gasteiger partial charge in [0.05, 0.1) is 12.7 Å². The van der Waals surface area contributed by atoms with Crippen LogP contribution in [-0.2, 0) is 33.0 Å². The molecule has 4 atom stereocenters. The molecular formula is C19H34O7Si. The van der Waals surface area contributed by atoms with E-state index in [4.69, 9.17) is 18.6 Å². The Morgan fingerprint density at radius 1 is 0.889 bits per heavy atom. The Morgan fingerprint density at radius 3 is 1.85 bits per heavy atom. The summed E-state index contributed by atoms with van der Waals surface area (Å²) in [6.07, 6.45) is -0.712. The molecule has 0 radical (unpaired) electrons. The maximum atomic E-state index is 11.7. The summed E-state index contributed by atoms with van der Waals surface area (Å²) in [6, 6.07) is 0. The second-order valence-corrected chi connectivity index (χ2v) is 13.5. The van der Waals surface area contributed by atoms with Gasteiger partial charge in [-0.2, -0.15) is 0 Å². The van der Waals surface area contributed by atoms with E-state index in [1.165, 1.54) is 20.8 Å². The number of carbonyl (C=O) groups is 3. The van der Waals surface area contributed by atoms with Crippen LogP contribution in [0.2, 0.25) is 18.1 Å². The van der Waals surface area contributed by atoms with Crippen LogP contribution in [0.15, 0.2) is 0 Å². The van der Waals surface area contributed by atoms with Crippen LogP contribution in [0, 0.1) is 5.92 Å². The van der Waals surface area contributed by atoms with Gasteiger partial charge in [-0.3, -0.25) is 14.4 Å². The molecule has 1 aliphatic rings. The van der Waals surface area contributed by atoms with Crippen molar-refractivity contribution in [2.24, 2.45) is 5.92 Å². The zero-order chi connectivity index (χ0) is 21.0.